The summed E-state index contributed by atoms with van der Waals surface area (Å²) in [7, 11) is 0. The molecule has 0 bridgehead atoms. The van der Waals surface area contributed by atoms with Crippen LogP contribution in [0, 0.1) is 0 Å². The van der Waals surface area contributed by atoms with Crippen LogP contribution >= 0.6 is 0 Å². The fraction of sp³-hybridized carbons (Fsp3) is 0.318. The molecule has 0 fully saturated rings. The molecular weight excluding hydrogens is 388 g/mol. The number of amides is 2. The standard InChI is InChI=1S/C22H22N2O6/c1-13(29-20(26)18-12-28-16-10-6-7-11-17(16)30-18)19(25)24-15-9-5-4-8-14(15)23-21(27)22(24,2)3/h4-11,13,18H,12H2,1-3H3,(H,23,27)/t13-,18-/m1/s1. The van der Waals surface area contributed by atoms with Crippen molar-refractivity contribution in [3.8, 4) is 11.5 Å². The van der Waals surface area contributed by atoms with Crippen molar-refractivity contribution in [2.75, 3.05) is 16.8 Å². The number of anilines is 2. The van der Waals surface area contributed by atoms with E-state index in [0.29, 0.717) is 22.9 Å². The van der Waals surface area contributed by atoms with Crippen molar-refractivity contribution in [2.45, 2.75) is 38.5 Å². The lowest BCUT2D eigenvalue weighted by Gasteiger charge is -2.42. The van der Waals surface area contributed by atoms with Crippen LogP contribution in [-0.4, -0.2) is 42.1 Å². The van der Waals surface area contributed by atoms with E-state index in [1.807, 2.05) is 0 Å². The topological polar surface area (TPSA) is 94.2 Å². The summed E-state index contributed by atoms with van der Waals surface area (Å²) in [6.45, 7) is 4.74. The highest BCUT2D eigenvalue weighted by Crippen LogP contribution is 2.37. The summed E-state index contributed by atoms with van der Waals surface area (Å²) in [5, 5.41) is 2.80. The third kappa shape index (κ3) is 3.34. The first-order valence-electron chi connectivity index (χ1n) is 9.62. The first kappa shape index (κ1) is 19.8. The van der Waals surface area contributed by atoms with Crippen LogP contribution in [0.25, 0.3) is 0 Å². The van der Waals surface area contributed by atoms with Crippen molar-refractivity contribution in [1.29, 1.82) is 0 Å². The van der Waals surface area contributed by atoms with Crippen molar-refractivity contribution >= 4 is 29.2 Å². The second kappa shape index (κ2) is 7.37. The maximum absolute atomic E-state index is 13.2. The molecule has 30 heavy (non-hydrogen) atoms. The fourth-order valence-corrected chi connectivity index (χ4v) is 3.46. The quantitative estimate of drug-likeness (QED) is 0.782. The number of carbonyl (C=O) groups excluding carboxylic acids is 3. The minimum Gasteiger partial charge on any atom is -0.485 e. The third-order valence-electron chi connectivity index (χ3n) is 5.14. The molecular formula is C22H22N2O6. The predicted molar refractivity (Wildman–Crippen MR) is 109 cm³/mol. The van der Waals surface area contributed by atoms with Gasteiger partial charge in [0, 0.05) is 0 Å². The van der Waals surface area contributed by atoms with E-state index in [0.717, 1.165) is 0 Å². The van der Waals surface area contributed by atoms with Crippen LogP contribution in [0.2, 0.25) is 0 Å². The number of hydrogen-bond acceptors (Lipinski definition) is 6. The Morgan fingerprint density at radius 2 is 1.80 bits per heavy atom. The molecule has 2 heterocycles. The number of esters is 1. The Balaban J connectivity index is 1.51. The van der Waals surface area contributed by atoms with E-state index in [1.54, 1.807) is 62.4 Å². The lowest BCUT2D eigenvalue weighted by atomic mass is 9.95. The number of benzene rings is 2. The summed E-state index contributed by atoms with van der Waals surface area (Å²) < 4.78 is 16.6. The second-order valence-corrected chi connectivity index (χ2v) is 7.65. The predicted octanol–water partition coefficient (Wildman–Crippen LogP) is 2.52. The normalized spacial score (nSPS) is 19.9. The van der Waals surface area contributed by atoms with Crippen molar-refractivity contribution in [2.24, 2.45) is 0 Å². The van der Waals surface area contributed by atoms with Gasteiger partial charge in [0.15, 0.2) is 17.6 Å². The van der Waals surface area contributed by atoms with E-state index in [1.165, 1.54) is 11.8 Å². The number of rotatable bonds is 3. The molecule has 2 aliphatic heterocycles. The van der Waals surface area contributed by atoms with Crippen LogP contribution in [0.5, 0.6) is 11.5 Å². The highest BCUT2D eigenvalue weighted by atomic mass is 16.6. The highest BCUT2D eigenvalue weighted by molar-refractivity contribution is 6.15. The van der Waals surface area contributed by atoms with Gasteiger partial charge in [-0.25, -0.2) is 4.79 Å². The highest BCUT2D eigenvalue weighted by Gasteiger charge is 2.45. The minimum atomic E-state index is -1.16. The molecule has 2 aromatic carbocycles. The van der Waals surface area contributed by atoms with Gasteiger partial charge in [-0.05, 0) is 45.0 Å². The first-order chi connectivity index (χ1) is 14.3. The Kier molecular flexibility index (Phi) is 4.85. The summed E-state index contributed by atoms with van der Waals surface area (Å²) in [6, 6.07) is 14.0. The molecule has 0 radical (unpaired) electrons. The van der Waals surface area contributed by atoms with Gasteiger partial charge < -0.3 is 19.5 Å². The molecule has 2 amide bonds. The zero-order valence-electron chi connectivity index (χ0n) is 16.9. The van der Waals surface area contributed by atoms with Crippen molar-refractivity contribution < 1.29 is 28.6 Å². The molecule has 0 unspecified atom stereocenters. The molecule has 1 N–H and O–H groups in total. The van der Waals surface area contributed by atoms with Crippen LogP contribution in [0.3, 0.4) is 0 Å². The van der Waals surface area contributed by atoms with E-state index >= 15 is 0 Å². The largest absolute Gasteiger partial charge is 0.485 e. The second-order valence-electron chi connectivity index (χ2n) is 7.65. The monoisotopic (exact) mass is 410 g/mol. The smallest absolute Gasteiger partial charge is 0.351 e. The zero-order chi connectivity index (χ0) is 21.5. The molecule has 8 nitrogen and oxygen atoms in total. The van der Waals surface area contributed by atoms with Gasteiger partial charge in [0.2, 0.25) is 12.0 Å². The Hall–Kier alpha value is -3.55. The van der Waals surface area contributed by atoms with Crippen LogP contribution in [0.4, 0.5) is 11.4 Å². The van der Waals surface area contributed by atoms with E-state index < -0.39 is 29.6 Å². The summed E-state index contributed by atoms with van der Waals surface area (Å²) in [5.74, 6) is -0.560. The molecule has 2 atom stereocenters. The Bertz CT molecular complexity index is 1020. The summed E-state index contributed by atoms with van der Waals surface area (Å²) in [6.07, 6.45) is -2.11. The minimum absolute atomic E-state index is 0.0167. The Morgan fingerprint density at radius 3 is 2.57 bits per heavy atom. The van der Waals surface area contributed by atoms with Crippen LogP contribution < -0.4 is 19.7 Å². The van der Waals surface area contributed by atoms with Crippen molar-refractivity contribution in [3.63, 3.8) is 0 Å². The maximum Gasteiger partial charge on any atom is 0.351 e. The molecule has 0 saturated heterocycles. The number of nitrogens with one attached hydrogen (secondary N) is 1. The summed E-state index contributed by atoms with van der Waals surface area (Å²) in [5.41, 5.74) is -0.0920. The molecule has 8 heteroatoms. The zero-order valence-corrected chi connectivity index (χ0v) is 16.9. The van der Waals surface area contributed by atoms with Gasteiger partial charge in [-0.1, -0.05) is 24.3 Å². The number of para-hydroxylation sites is 4. The maximum atomic E-state index is 13.2. The van der Waals surface area contributed by atoms with Gasteiger partial charge >= 0.3 is 5.97 Å². The summed E-state index contributed by atoms with van der Waals surface area (Å²) >= 11 is 0. The van der Waals surface area contributed by atoms with Gasteiger partial charge in [-0.15, -0.1) is 0 Å². The van der Waals surface area contributed by atoms with Gasteiger partial charge in [-0.3, -0.25) is 14.5 Å². The third-order valence-corrected chi connectivity index (χ3v) is 5.14. The molecule has 2 aliphatic rings. The average Bonchev–Trinajstić information content (AvgIpc) is 2.73. The van der Waals surface area contributed by atoms with Crippen LogP contribution in [-0.2, 0) is 19.1 Å². The number of hydrogen-bond donors (Lipinski definition) is 1. The molecule has 2 aromatic rings. The molecule has 4 rings (SSSR count). The lowest BCUT2D eigenvalue weighted by Crippen LogP contribution is -2.60. The first-order valence-corrected chi connectivity index (χ1v) is 9.62. The SMILES string of the molecule is C[C@@H](OC(=O)[C@H]1COc2ccccc2O1)C(=O)N1c2ccccc2NC(=O)C1(C)C. The van der Waals surface area contributed by atoms with Gasteiger partial charge in [0.1, 0.15) is 12.1 Å². The summed E-state index contributed by atoms with van der Waals surface area (Å²) in [4.78, 5) is 39.8. The number of fused-ring (bicyclic) bond motifs is 2. The van der Waals surface area contributed by atoms with Crippen LogP contribution in [0.15, 0.2) is 48.5 Å². The molecule has 0 spiro atoms. The van der Waals surface area contributed by atoms with E-state index in [2.05, 4.69) is 5.32 Å². The van der Waals surface area contributed by atoms with Gasteiger partial charge in [0.05, 0.1) is 11.4 Å². The molecule has 156 valence electrons. The lowest BCUT2D eigenvalue weighted by molar-refractivity contribution is -0.163. The van der Waals surface area contributed by atoms with Crippen molar-refractivity contribution in [3.05, 3.63) is 48.5 Å². The van der Waals surface area contributed by atoms with E-state index in [-0.39, 0.29) is 12.5 Å². The van der Waals surface area contributed by atoms with Crippen LogP contribution in [0.1, 0.15) is 20.8 Å². The number of nitrogens with zero attached hydrogens (tertiary/aromatic N) is 1. The molecule has 0 saturated carbocycles. The Labute approximate surface area is 173 Å². The Morgan fingerprint density at radius 1 is 1.13 bits per heavy atom. The van der Waals surface area contributed by atoms with Gasteiger partial charge in [-0.2, -0.15) is 0 Å². The average molecular weight is 410 g/mol. The van der Waals surface area contributed by atoms with E-state index in [9.17, 15) is 14.4 Å². The molecule has 0 aliphatic carbocycles. The van der Waals surface area contributed by atoms with E-state index in [4.69, 9.17) is 14.2 Å². The van der Waals surface area contributed by atoms with Crippen molar-refractivity contribution in [1.82, 2.24) is 0 Å². The number of ether oxygens (including phenoxy) is 3. The number of carbonyl (C=O) groups is 3. The molecule has 0 aromatic heterocycles. The van der Waals surface area contributed by atoms with Gasteiger partial charge in [0.25, 0.3) is 5.91 Å². The fourth-order valence-electron chi connectivity index (χ4n) is 3.46.